The maximum Gasteiger partial charge on any atom is 0.416 e. The molecule has 4 heteroatoms. The minimum absolute atomic E-state index is 0.221. The molecule has 0 saturated carbocycles. The number of alkyl halides is 3. The van der Waals surface area contributed by atoms with E-state index in [9.17, 15) is 13.2 Å². The standard InChI is InChI=1S/C13H14F3N/c1-10-6-7-11(5-3-4-8-17-2)9-12(10)13(14,15)16/h6-7,9,17H,4,8H2,1-2H3. The van der Waals surface area contributed by atoms with Crippen LogP contribution in [0.25, 0.3) is 0 Å². The minimum Gasteiger partial charge on any atom is -0.319 e. The van der Waals surface area contributed by atoms with Gasteiger partial charge in [-0.25, -0.2) is 0 Å². The van der Waals surface area contributed by atoms with Crippen molar-refractivity contribution in [1.82, 2.24) is 5.32 Å². The van der Waals surface area contributed by atoms with E-state index in [4.69, 9.17) is 0 Å². The van der Waals surface area contributed by atoms with Crippen molar-refractivity contribution in [1.29, 1.82) is 0 Å². The number of hydrogen-bond acceptors (Lipinski definition) is 1. The molecule has 0 atom stereocenters. The SMILES string of the molecule is CNCCC#Cc1ccc(C)c(C(F)(F)F)c1. The Hall–Kier alpha value is -1.47. The maximum absolute atomic E-state index is 12.6. The molecule has 1 aromatic carbocycles. The highest BCUT2D eigenvalue weighted by Gasteiger charge is 2.32. The number of rotatable bonds is 2. The summed E-state index contributed by atoms with van der Waals surface area (Å²) < 4.78 is 37.8. The Balaban J connectivity index is 2.92. The van der Waals surface area contributed by atoms with Crippen LogP contribution in [0.5, 0.6) is 0 Å². The molecule has 0 bridgehead atoms. The van der Waals surface area contributed by atoms with Gasteiger partial charge in [0.15, 0.2) is 0 Å². The zero-order valence-electron chi connectivity index (χ0n) is 9.78. The molecular formula is C13H14F3N. The van der Waals surface area contributed by atoms with Crippen molar-refractivity contribution >= 4 is 0 Å². The minimum atomic E-state index is -4.31. The van der Waals surface area contributed by atoms with Gasteiger partial charge in [0.25, 0.3) is 0 Å². The fourth-order valence-corrected chi connectivity index (χ4v) is 1.36. The summed E-state index contributed by atoms with van der Waals surface area (Å²) in [6.45, 7) is 2.17. The maximum atomic E-state index is 12.6. The molecule has 0 heterocycles. The Labute approximate surface area is 99.0 Å². The fraction of sp³-hybridized carbons (Fsp3) is 0.385. The Morgan fingerprint density at radius 3 is 2.59 bits per heavy atom. The van der Waals surface area contributed by atoms with Gasteiger partial charge in [-0.3, -0.25) is 0 Å². The number of nitrogens with one attached hydrogen (secondary N) is 1. The summed E-state index contributed by atoms with van der Waals surface area (Å²) in [5.74, 6) is 5.55. The number of benzene rings is 1. The van der Waals surface area contributed by atoms with E-state index in [2.05, 4.69) is 17.2 Å². The first-order valence-corrected chi connectivity index (χ1v) is 5.26. The van der Waals surface area contributed by atoms with Crippen LogP contribution in [0.1, 0.15) is 23.1 Å². The molecule has 0 amide bonds. The molecular weight excluding hydrogens is 227 g/mol. The molecule has 1 rings (SSSR count). The highest BCUT2D eigenvalue weighted by molar-refractivity contribution is 5.41. The summed E-state index contributed by atoms with van der Waals surface area (Å²) in [5, 5.41) is 2.92. The van der Waals surface area contributed by atoms with Crippen LogP contribution < -0.4 is 5.32 Å². The number of hydrogen-bond donors (Lipinski definition) is 1. The first kappa shape index (κ1) is 13.6. The second-order valence-electron chi connectivity index (χ2n) is 3.68. The predicted molar refractivity (Wildman–Crippen MR) is 61.6 cm³/mol. The molecule has 0 saturated heterocycles. The Morgan fingerprint density at radius 2 is 2.00 bits per heavy atom. The zero-order valence-corrected chi connectivity index (χ0v) is 9.78. The largest absolute Gasteiger partial charge is 0.416 e. The average Bonchev–Trinajstić information content (AvgIpc) is 2.25. The molecule has 0 fully saturated rings. The highest BCUT2D eigenvalue weighted by atomic mass is 19.4. The molecule has 0 aliphatic carbocycles. The lowest BCUT2D eigenvalue weighted by molar-refractivity contribution is -0.138. The molecule has 0 unspecified atom stereocenters. The second kappa shape index (κ2) is 5.74. The predicted octanol–water partition coefficient (Wildman–Crippen LogP) is 2.97. The van der Waals surface area contributed by atoms with E-state index < -0.39 is 11.7 Å². The van der Waals surface area contributed by atoms with E-state index in [-0.39, 0.29) is 5.56 Å². The molecule has 0 aliphatic heterocycles. The third kappa shape index (κ3) is 4.12. The van der Waals surface area contributed by atoms with Crippen LogP contribution in [-0.2, 0) is 6.18 Å². The monoisotopic (exact) mass is 241 g/mol. The van der Waals surface area contributed by atoms with E-state index >= 15 is 0 Å². The first-order valence-electron chi connectivity index (χ1n) is 5.26. The Bertz CT molecular complexity index is 438. The van der Waals surface area contributed by atoms with Crippen molar-refractivity contribution in [2.24, 2.45) is 0 Å². The normalized spacial score (nSPS) is 10.9. The van der Waals surface area contributed by atoms with Gasteiger partial charge < -0.3 is 5.32 Å². The molecule has 0 radical (unpaired) electrons. The second-order valence-corrected chi connectivity index (χ2v) is 3.68. The van der Waals surface area contributed by atoms with Gasteiger partial charge in [0.1, 0.15) is 0 Å². The zero-order chi connectivity index (χ0) is 12.9. The lowest BCUT2D eigenvalue weighted by Gasteiger charge is -2.09. The van der Waals surface area contributed by atoms with Gasteiger partial charge in [-0.1, -0.05) is 17.9 Å². The van der Waals surface area contributed by atoms with Crippen molar-refractivity contribution in [3.63, 3.8) is 0 Å². The summed E-state index contributed by atoms with van der Waals surface area (Å²) in [5.41, 5.74) is 0.00946. The number of aryl methyl sites for hydroxylation is 1. The average molecular weight is 241 g/mol. The van der Waals surface area contributed by atoms with E-state index in [1.54, 1.807) is 13.1 Å². The van der Waals surface area contributed by atoms with Crippen LogP contribution in [0.2, 0.25) is 0 Å². The van der Waals surface area contributed by atoms with Gasteiger partial charge in [-0.05, 0) is 31.7 Å². The Kier molecular flexibility index (Phi) is 4.59. The van der Waals surface area contributed by atoms with Crippen LogP contribution in [0.15, 0.2) is 18.2 Å². The summed E-state index contributed by atoms with van der Waals surface area (Å²) in [7, 11) is 1.80. The van der Waals surface area contributed by atoms with Crippen LogP contribution >= 0.6 is 0 Å². The molecule has 1 nitrogen and oxygen atoms in total. The topological polar surface area (TPSA) is 12.0 Å². The molecule has 1 N–H and O–H groups in total. The molecule has 0 spiro atoms. The molecule has 1 aromatic rings. The fourth-order valence-electron chi connectivity index (χ4n) is 1.36. The summed E-state index contributed by atoms with van der Waals surface area (Å²) >= 11 is 0. The van der Waals surface area contributed by atoms with E-state index in [0.29, 0.717) is 12.0 Å². The van der Waals surface area contributed by atoms with Crippen molar-refractivity contribution in [2.75, 3.05) is 13.6 Å². The van der Waals surface area contributed by atoms with Crippen LogP contribution in [0.3, 0.4) is 0 Å². The third-order valence-corrected chi connectivity index (χ3v) is 2.28. The molecule has 17 heavy (non-hydrogen) atoms. The molecule has 0 aliphatic rings. The quantitative estimate of drug-likeness (QED) is 0.620. The van der Waals surface area contributed by atoms with Gasteiger partial charge >= 0.3 is 6.18 Å². The highest BCUT2D eigenvalue weighted by Crippen LogP contribution is 2.32. The van der Waals surface area contributed by atoms with Gasteiger partial charge in [-0.2, -0.15) is 13.2 Å². The summed E-state index contributed by atoms with van der Waals surface area (Å²) in [6, 6.07) is 4.16. The molecule has 92 valence electrons. The van der Waals surface area contributed by atoms with Crippen LogP contribution in [-0.4, -0.2) is 13.6 Å². The van der Waals surface area contributed by atoms with Crippen LogP contribution in [0, 0.1) is 18.8 Å². The first-order chi connectivity index (χ1) is 7.95. The van der Waals surface area contributed by atoms with Gasteiger partial charge in [0.05, 0.1) is 5.56 Å². The van der Waals surface area contributed by atoms with Crippen molar-refractivity contribution in [2.45, 2.75) is 19.5 Å². The van der Waals surface area contributed by atoms with Gasteiger partial charge in [-0.15, -0.1) is 0 Å². The Morgan fingerprint density at radius 1 is 1.29 bits per heavy atom. The van der Waals surface area contributed by atoms with E-state index in [1.165, 1.54) is 13.0 Å². The number of halogens is 3. The van der Waals surface area contributed by atoms with Gasteiger partial charge in [0.2, 0.25) is 0 Å². The van der Waals surface area contributed by atoms with Crippen molar-refractivity contribution < 1.29 is 13.2 Å². The van der Waals surface area contributed by atoms with E-state index in [0.717, 1.165) is 12.6 Å². The van der Waals surface area contributed by atoms with Crippen LogP contribution in [0.4, 0.5) is 13.2 Å². The molecule has 0 aromatic heterocycles. The lowest BCUT2D eigenvalue weighted by Crippen LogP contribution is -2.07. The van der Waals surface area contributed by atoms with E-state index in [1.807, 2.05) is 0 Å². The van der Waals surface area contributed by atoms with Crippen molar-refractivity contribution in [3.05, 3.63) is 34.9 Å². The lowest BCUT2D eigenvalue weighted by atomic mass is 10.0. The van der Waals surface area contributed by atoms with Crippen molar-refractivity contribution in [3.8, 4) is 11.8 Å². The van der Waals surface area contributed by atoms with Gasteiger partial charge in [0, 0.05) is 18.5 Å². The third-order valence-electron chi connectivity index (χ3n) is 2.28. The summed E-state index contributed by atoms with van der Waals surface area (Å²) in [6.07, 6.45) is -3.70. The smallest absolute Gasteiger partial charge is 0.319 e. The summed E-state index contributed by atoms with van der Waals surface area (Å²) in [4.78, 5) is 0.